The van der Waals surface area contributed by atoms with Crippen LogP contribution < -0.4 is 9.74 Å². The minimum absolute atomic E-state index is 0.364. The van der Waals surface area contributed by atoms with Crippen molar-refractivity contribution in [3.05, 3.63) is 78.4 Å². The number of nitrogens with zero attached hydrogens (tertiary/aromatic N) is 7. The van der Waals surface area contributed by atoms with Crippen LogP contribution in [0.3, 0.4) is 0 Å². The van der Waals surface area contributed by atoms with Crippen LogP contribution in [0, 0.1) is 5.92 Å². The zero-order chi connectivity index (χ0) is 28.5. The Morgan fingerprint density at radius 3 is 2.12 bits per heavy atom. The van der Waals surface area contributed by atoms with Gasteiger partial charge >= 0.3 is 5.97 Å². The molecule has 7 rings (SSSR count). The number of piperazine rings is 1. The number of carbonyl (C=O) groups is 1. The molecule has 10 nitrogen and oxygen atoms in total. The molecule has 2 aromatic heterocycles. The summed E-state index contributed by atoms with van der Waals surface area (Å²) in [5, 5.41) is 16.4. The molecule has 214 valence electrons. The third kappa shape index (κ3) is 5.37. The van der Waals surface area contributed by atoms with Gasteiger partial charge in [-0.15, -0.1) is 15.3 Å². The predicted molar refractivity (Wildman–Crippen MR) is 159 cm³/mol. The fraction of sp³-hybridized carbons (Fsp3) is 0.344. The molecule has 10 heteroatoms. The van der Waals surface area contributed by atoms with Gasteiger partial charge in [0.05, 0.1) is 5.56 Å². The van der Waals surface area contributed by atoms with Crippen molar-refractivity contribution in [2.75, 3.05) is 31.1 Å². The van der Waals surface area contributed by atoms with Crippen LogP contribution in [-0.4, -0.2) is 68.4 Å². The lowest BCUT2D eigenvalue weighted by atomic mass is 9.86. The van der Waals surface area contributed by atoms with Gasteiger partial charge in [-0.25, -0.2) is 4.79 Å². The summed E-state index contributed by atoms with van der Waals surface area (Å²) in [6.45, 7) is 6.74. The van der Waals surface area contributed by atoms with E-state index in [-0.39, 0.29) is 0 Å². The fourth-order valence-electron chi connectivity index (χ4n) is 6.02. The number of benzene rings is 3. The minimum Gasteiger partial charge on any atom is -0.416 e. The lowest BCUT2D eigenvalue weighted by molar-refractivity contribution is 0.0409. The lowest BCUT2D eigenvalue weighted by Crippen LogP contribution is -2.51. The molecule has 0 bridgehead atoms. The highest BCUT2D eigenvalue weighted by molar-refractivity contribution is 5.90. The van der Waals surface area contributed by atoms with Crippen molar-refractivity contribution in [3.8, 4) is 22.9 Å². The Kier molecular flexibility index (Phi) is 7.13. The van der Waals surface area contributed by atoms with Gasteiger partial charge in [-0.05, 0) is 97.5 Å². The van der Waals surface area contributed by atoms with E-state index >= 15 is 0 Å². The molecule has 2 aliphatic rings. The molecule has 1 aliphatic heterocycles. The van der Waals surface area contributed by atoms with Crippen LogP contribution in [0.4, 0.5) is 5.69 Å². The lowest BCUT2D eigenvalue weighted by Gasteiger charge is -2.42. The topological polar surface area (TPSA) is 102 Å². The van der Waals surface area contributed by atoms with Crippen molar-refractivity contribution in [2.45, 2.75) is 38.6 Å². The highest BCUT2D eigenvalue weighted by Gasteiger charge is 2.27. The number of rotatable bonds is 6. The summed E-state index contributed by atoms with van der Waals surface area (Å²) in [4.78, 5) is 24.3. The highest BCUT2D eigenvalue weighted by Crippen LogP contribution is 2.30. The van der Waals surface area contributed by atoms with E-state index in [2.05, 4.69) is 49.4 Å². The van der Waals surface area contributed by atoms with Crippen LogP contribution in [0.25, 0.3) is 33.9 Å². The first-order chi connectivity index (χ1) is 20.6. The van der Waals surface area contributed by atoms with Crippen molar-refractivity contribution in [3.63, 3.8) is 0 Å². The van der Waals surface area contributed by atoms with Crippen LogP contribution in [0.15, 0.2) is 77.2 Å². The van der Waals surface area contributed by atoms with E-state index in [0.29, 0.717) is 33.9 Å². The average Bonchev–Trinajstić information content (AvgIpc) is 3.70. The van der Waals surface area contributed by atoms with Gasteiger partial charge in [0.15, 0.2) is 0 Å². The second kappa shape index (κ2) is 11.4. The molecule has 0 atom stereocenters. The Labute approximate surface area is 243 Å². The van der Waals surface area contributed by atoms with Crippen molar-refractivity contribution in [2.24, 2.45) is 5.92 Å². The van der Waals surface area contributed by atoms with E-state index in [1.165, 1.54) is 31.4 Å². The molecule has 42 heavy (non-hydrogen) atoms. The summed E-state index contributed by atoms with van der Waals surface area (Å²) in [6.07, 6.45) is 5.43. The molecule has 0 unspecified atom stereocenters. The van der Waals surface area contributed by atoms with E-state index in [1.54, 1.807) is 36.4 Å². The van der Waals surface area contributed by atoms with Gasteiger partial charge in [0.2, 0.25) is 11.8 Å². The third-order valence-corrected chi connectivity index (χ3v) is 8.58. The van der Waals surface area contributed by atoms with Gasteiger partial charge < -0.3 is 14.2 Å². The summed E-state index contributed by atoms with van der Waals surface area (Å²) >= 11 is 0. The Hall–Kier alpha value is -4.57. The van der Waals surface area contributed by atoms with Gasteiger partial charge in [0, 0.05) is 49.0 Å². The number of para-hydroxylation sites is 1. The second-order valence-corrected chi connectivity index (χ2v) is 11.3. The molecule has 0 amide bonds. The largest absolute Gasteiger partial charge is 0.416 e. The Balaban J connectivity index is 0.965. The molecule has 0 spiro atoms. The van der Waals surface area contributed by atoms with Crippen LogP contribution in [0.2, 0.25) is 0 Å². The second-order valence-electron chi connectivity index (χ2n) is 11.3. The predicted octanol–water partition coefficient (Wildman–Crippen LogP) is 5.12. The first kappa shape index (κ1) is 26.3. The smallest absolute Gasteiger partial charge is 0.365 e. The van der Waals surface area contributed by atoms with Gasteiger partial charge in [-0.3, -0.25) is 4.90 Å². The highest BCUT2D eigenvalue weighted by atomic mass is 16.7. The van der Waals surface area contributed by atoms with Gasteiger partial charge in [0.1, 0.15) is 11.0 Å². The van der Waals surface area contributed by atoms with Gasteiger partial charge in [0.25, 0.3) is 0 Å². The van der Waals surface area contributed by atoms with Crippen molar-refractivity contribution < 1.29 is 14.0 Å². The van der Waals surface area contributed by atoms with Gasteiger partial charge in [-0.2, -0.15) is 0 Å². The molecule has 3 heterocycles. The molecule has 5 aromatic rings. The SMILES string of the molecule is CC1CCC(N2CCN(c3ccc(-c4nnc(-c5ccc(C(=O)On6nnc7ccccc76)cc5)o4)cc3)CC2)CC1. The molecule has 1 saturated carbocycles. The summed E-state index contributed by atoms with van der Waals surface area (Å²) in [6, 6.07) is 23.2. The number of fused-ring (bicyclic) bond motifs is 1. The molecule has 1 aliphatic carbocycles. The normalized spacial score (nSPS) is 19.7. The Morgan fingerprint density at radius 1 is 0.786 bits per heavy atom. The molecule has 0 N–H and O–H groups in total. The van der Waals surface area contributed by atoms with Crippen molar-refractivity contribution >= 4 is 22.7 Å². The van der Waals surface area contributed by atoms with Crippen LogP contribution in [0.5, 0.6) is 0 Å². The fourth-order valence-corrected chi connectivity index (χ4v) is 6.02. The molecular formula is C32H33N7O3. The van der Waals surface area contributed by atoms with E-state index in [4.69, 9.17) is 9.25 Å². The third-order valence-electron chi connectivity index (χ3n) is 8.58. The molecule has 2 fully saturated rings. The number of hydrogen-bond donors (Lipinski definition) is 0. The van der Waals surface area contributed by atoms with Crippen molar-refractivity contribution in [1.29, 1.82) is 0 Å². The summed E-state index contributed by atoms with van der Waals surface area (Å²) in [5.74, 6) is 1.17. The van der Waals surface area contributed by atoms with Crippen LogP contribution in [-0.2, 0) is 0 Å². The van der Waals surface area contributed by atoms with Crippen LogP contribution >= 0.6 is 0 Å². The minimum atomic E-state index is -0.548. The monoisotopic (exact) mass is 563 g/mol. The molecule has 3 aromatic carbocycles. The number of aromatic nitrogens is 5. The van der Waals surface area contributed by atoms with Crippen LogP contribution in [0.1, 0.15) is 43.0 Å². The number of hydrogen-bond acceptors (Lipinski definition) is 9. The van der Waals surface area contributed by atoms with Crippen molar-refractivity contribution in [1.82, 2.24) is 30.3 Å². The first-order valence-corrected chi connectivity index (χ1v) is 14.7. The zero-order valence-electron chi connectivity index (χ0n) is 23.6. The number of carbonyl (C=O) groups excluding carboxylic acids is 1. The maximum absolute atomic E-state index is 12.7. The maximum atomic E-state index is 12.7. The molecule has 0 radical (unpaired) electrons. The summed E-state index contributed by atoms with van der Waals surface area (Å²) in [5.41, 5.74) is 4.41. The Bertz CT molecular complexity index is 1660. The van der Waals surface area contributed by atoms with E-state index in [9.17, 15) is 4.79 Å². The molecular weight excluding hydrogens is 530 g/mol. The zero-order valence-corrected chi connectivity index (χ0v) is 23.6. The van der Waals surface area contributed by atoms with E-state index in [1.807, 2.05) is 24.3 Å². The first-order valence-electron chi connectivity index (χ1n) is 14.7. The van der Waals surface area contributed by atoms with Gasteiger partial charge in [-0.1, -0.05) is 23.9 Å². The Morgan fingerprint density at radius 2 is 1.43 bits per heavy atom. The number of anilines is 1. The average molecular weight is 564 g/mol. The standard InChI is InChI=1S/C32H33N7O3/c1-22-6-14-26(15-7-22)37-18-20-38(21-19-37)27-16-12-24(13-17-27)31-35-34-30(41-31)23-8-10-25(11-9-23)32(40)42-39-29-5-3-2-4-28(29)33-36-39/h2-5,8-13,16-17,22,26H,6-7,14-15,18-21H2,1H3. The quantitative estimate of drug-likeness (QED) is 0.261. The van der Waals surface area contributed by atoms with E-state index < -0.39 is 5.97 Å². The molecule has 1 saturated heterocycles. The summed E-state index contributed by atoms with van der Waals surface area (Å²) < 4.78 is 5.98. The maximum Gasteiger partial charge on any atom is 0.365 e. The summed E-state index contributed by atoms with van der Waals surface area (Å²) in [7, 11) is 0. The van der Waals surface area contributed by atoms with E-state index in [0.717, 1.165) is 48.5 Å².